The van der Waals surface area contributed by atoms with Gasteiger partial charge in [0.1, 0.15) is 0 Å². The van der Waals surface area contributed by atoms with Gasteiger partial charge in [0.2, 0.25) is 0 Å². The van der Waals surface area contributed by atoms with E-state index in [0.717, 1.165) is 5.56 Å². The predicted octanol–water partition coefficient (Wildman–Crippen LogP) is 2.66. The Morgan fingerprint density at radius 3 is 1.86 bits per heavy atom. The summed E-state index contributed by atoms with van der Waals surface area (Å²) in [5.41, 5.74) is 0.956. The van der Waals surface area contributed by atoms with Crippen molar-refractivity contribution in [3.8, 4) is 0 Å². The third kappa shape index (κ3) is 5.44. The molecule has 0 aromatic heterocycles. The van der Waals surface area contributed by atoms with E-state index in [2.05, 4.69) is 0 Å². The maximum Gasteiger partial charge on any atom is 0.294 e. The topological polar surface area (TPSA) is 54.4 Å². The summed E-state index contributed by atoms with van der Waals surface area (Å²) >= 11 is 9.53. The molecule has 0 spiro atoms. The molecule has 0 fully saturated rings. The molecule has 0 heterocycles. The lowest BCUT2D eigenvalue weighted by Gasteiger charge is -1.95. The van der Waals surface area contributed by atoms with Gasteiger partial charge in [-0.1, -0.05) is 17.7 Å². The Bertz CT molecular complexity index is 359. The highest BCUT2D eigenvalue weighted by atomic mass is 35.5. The first-order chi connectivity index (χ1) is 6.41. The number of halogens is 2. The standard InChI is InChI=1S/C7H8O3S.CH2Cl2/c1-6-2-4-7(5-3-6)11(8,9)10;2-1-3/h2-5H,1H3,(H,8,9,10);1H2. The van der Waals surface area contributed by atoms with Crippen LogP contribution < -0.4 is 0 Å². The van der Waals surface area contributed by atoms with E-state index in [-0.39, 0.29) is 10.2 Å². The Morgan fingerprint density at radius 2 is 1.57 bits per heavy atom. The Balaban J connectivity index is 0.000000500. The van der Waals surface area contributed by atoms with Gasteiger partial charge in [0.25, 0.3) is 10.1 Å². The van der Waals surface area contributed by atoms with E-state index < -0.39 is 10.1 Å². The van der Waals surface area contributed by atoms with E-state index in [1.807, 2.05) is 6.92 Å². The van der Waals surface area contributed by atoms with Crippen LogP contribution >= 0.6 is 23.2 Å². The summed E-state index contributed by atoms with van der Waals surface area (Å²) < 4.78 is 29.6. The van der Waals surface area contributed by atoms with Gasteiger partial charge >= 0.3 is 0 Å². The predicted molar refractivity (Wildman–Crippen MR) is 57.6 cm³/mol. The van der Waals surface area contributed by atoms with E-state index in [1.165, 1.54) is 12.1 Å². The average Bonchev–Trinajstić information content (AvgIpc) is 2.04. The first kappa shape index (κ1) is 13.7. The molecular formula is C8H10Cl2O3S. The van der Waals surface area contributed by atoms with Gasteiger partial charge in [0.05, 0.1) is 10.2 Å². The first-order valence-corrected chi connectivity index (χ1v) is 6.09. The minimum absolute atomic E-state index is 0.0666. The quantitative estimate of drug-likeness (QED) is 0.621. The van der Waals surface area contributed by atoms with Crippen LogP contribution in [0.5, 0.6) is 0 Å². The van der Waals surface area contributed by atoms with E-state index in [0.29, 0.717) is 0 Å². The molecule has 0 aliphatic rings. The number of rotatable bonds is 1. The van der Waals surface area contributed by atoms with Crippen molar-refractivity contribution in [2.75, 3.05) is 5.34 Å². The van der Waals surface area contributed by atoms with E-state index in [4.69, 9.17) is 27.8 Å². The zero-order valence-electron chi connectivity index (χ0n) is 7.44. The van der Waals surface area contributed by atoms with Crippen LogP contribution in [0.1, 0.15) is 5.56 Å². The normalized spacial score (nSPS) is 10.3. The van der Waals surface area contributed by atoms with Crippen molar-refractivity contribution in [3.63, 3.8) is 0 Å². The number of hydrogen-bond acceptors (Lipinski definition) is 2. The lowest BCUT2D eigenvalue weighted by Crippen LogP contribution is -1.96. The van der Waals surface area contributed by atoms with Gasteiger partial charge in [-0.3, -0.25) is 4.55 Å². The molecule has 0 radical (unpaired) electrons. The molecule has 80 valence electrons. The summed E-state index contributed by atoms with van der Waals surface area (Å²) in [7, 11) is -4.02. The molecule has 0 aliphatic carbocycles. The third-order valence-corrected chi connectivity index (χ3v) is 2.19. The second-order valence-corrected chi connectivity index (χ2v) is 4.62. The van der Waals surface area contributed by atoms with Crippen LogP contribution in [-0.2, 0) is 10.1 Å². The first-order valence-electron chi connectivity index (χ1n) is 3.58. The van der Waals surface area contributed by atoms with Crippen molar-refractivity contribution in [1.82, 2.24) is 0 Å². The second kappa shape index (κ2) is 6.24. The summed E-state index contributed by atoms with van der Waals surface area (Å²) in [5.74, 6) is 0. The van der Waals surface area contributed by atoms with Gasteiger partial charge in [0.15, 0.2) is 0 Å². The molecule has 0 aliphatic heterocycles. The van der Waals surface area contributed by atoms with Crippen LogP contribution in [0, 0.1) is 6.92 Å². The molecular weight excluding hydrogens is 247 g/mol. The fourth-order valence-electron chi connectivity index (χ4n) is 0.710. The number of hydrogen-bond donors (Lipinski definition) is 1. The van der Waals surface area contributed by atoms with Gasteiger partial charge in [-0.25, -0.2) is 0 Å². The van der Waals surface area contributed by atoms with Crippen molar-refractivity contribution >= 4 is 33.3 Å². The molecule has 0 bridgehead atoms. The molecule has 1 N–H and O–H groups in total. The molecule has 0 saturated carbocycles. The summed E-state index contributed by atoms with van der Waals surface area (Å²) in [5, 5.41) is 0.194. The molecule has 14 heavy (non-hydrogen) atoms. The Kier molecular flexibility index (Phi) is 6.11. The zero-order valence-corrected chi connectivity index (χ0v) is 9.77. The highest BCUT2D eigenvalue weighted by Crippen LogP contribution is 2.08. The fraction of sp³-hybridized carbons (Fsp3) is 0.250. The number of aryl methyl sites for hydroxylation is 1. The van der Waals surface area contributed by atoms with Gasteiger partial charge in [-0.15, -0.1) is 23.2 Å². The second-order valence-electron chi connectivity index (χ2n) is 2.39. The molecule has 1 aromatic rings. The van der Waals surface area contributed by atoms with Gasteiger partial charge in [-0.2, -0.15) is 8.42 Å². The Labute approximate surface area is 93.4 Å². The summed E-state index contributed by atoms with van der Waals surface area (Å²) in [6.45, 7) is 1.84. The van der Waals surface area contributed by atoms with Crippen molar-refractivity contribution in [1.29, 1.82) is 0 Å². The summed E-state index contributed by atoms with van der Waals surface area (Å²) in [4.78, 5) is -0.0666. The lowest BCUT2D eigenvalue weighted by molar-refractivity contribution is 0.483. The number of alkyl halides is 2. The molecule has 0 atom stereocenters. The highest BCUT2D eigenvalue weighted by molar-refractivity contribution is 7.85. The summed E-state index contributed by atoms with van der Waals surface area (Å²) in [6.07, 6.45) is 0. The van der Waals surface area contributed by atoms with Crippen LogP contribution in [0.2, 0.25) is 0 Å². The van der Waals surface area contributed by atoms with Gasteiger partial charge in [-0.05, 0) is 19.1 Å². The lowest BCUT2D eigenvalue weighted by atomic mass is 10.2. The molecule has 0 unspecified atom stereocenters. The summed E-state index contributed by atoms with van der Waals surface area (Å²) in [6, 6.07) is 5.99. The minimum Gasteiger partial charge on any atom is -0.282 e. The van der Waals surface area contributed by atoms with Crippen LogP contribution in [0.4, 0.5) is 0 Å². The maximum absolute atomic E-state index is 10.5. The smallest absolute Gasteiger partial charge is 0.282 e. The fourth-order valence-corrected chi connectivity index (χ4v) is 1.19. The zero-order chi connectivity index (χ0) is 11.2. The molecule has 3 nitrogen and oxygen atoms in total. The third-order valence-electron chi connectivity index (χ3n) is 1.32. The van der Waals surface area contributed by atoms with Crippen LogP contribution in [0.15, 0.2) is 29.2 Å². The molecule has 0 saturated heterocycles. The molecule has 0 amide bonds. The van der Waals surface area contributed by atoms with Crippen molar-refractivity contribution in [3.05, 3.63) is 29.8 Å². The van der Waals surface area contributed by atoms with Crippen LogP contribution in [0.25, 0.3) is 0 Å². The Morgan fingerprint density at radius 1 is 1.21 bits per heavy atom. The Hall–Kier alpha value is -0.290. The number of benzene rings is 1. The van der Waals surface area contributed by atoms with E-state index >= 15 is 0 Å². The molecule has 1 rings (SSSR count). The monoisotopic (exact) mass is 256 g/mol. The molecule has 1 aromatic carbocycles. The van der Waals surface area contributed by atoms with Crippen LogP contribution in [-0.4, -0.2) is 18.3 Å². The van der Waals surface area contributed by atoms with Crippen molar-refractivity contribution in [2.24, 2.45) is 0 Å². The molecule has 6 heteroatoms. The van der Waals surface area contributed by atoms with Crippen LogP contribution in [0.3, 0.4) is 0 Å². The van der Waals surface area contributed by atoms with Crippen molar-refractivity contribution < 1.29 is 13.0 Å². The largest absolute Gasteiger partial charge is 0.294 e. The van der Waals surface area contributed by atoms with Crippen molar-refractivity contribution in [2.45, 2.75) is 11.8 Å². The van der Waals surface area contributed by atoms with Gasteiger partial charge < -0.3 is 0 Å². The highest BCUT2D eigenvalue weighted by Gasteiger charge is 2.06. The van der Waals surface area contributed by atoms with E-state index in [9.17, 15) is 8.42 Å². The average molecular weight is 257 g/mol. The minimum atomic E-state index is -4.02. The van der Waals surface area contributed by atoms with E-state index in [1.54, 1.807) is 12.1 Å². The SMILES string of the molecule is Cc1ccc(S(=O)(=O)O)cc1.ClCCl. The maximum atomic E-state index is 10.5. The van der Waals surface area contributed by atoms with Gasteiger partial charge in [0, 0.05) is 0 Å².